The van der Waals surface area contributed by atoms with Crippen molar-refractivity contribution in [2.24, 2.45) is 0 Å². The summed E-state index contributed by atoms with van der Waals surface area (Å²) < 4.78 is 5.17. The molecule has 4 nitrogen and oxygen atoms in total. The summed E-state index contributed by atoms with van der Waals surface area (Å²) in [7, 11) is 1.76. The highest BCUT2D eigenvalue weighted by molar-refractivity contribution is 5.46. The SMILES string of the molecule is COC[C@H](C)N[C@@H](C)CN1CCN(c2ccccc2)CC1. The second-order valence-electron chi connectivity index (χ2n) is 6.05. The maximum absolute atomic E-state index is 5.17. The fraction of sp³-hybridized carbons (Fsp3) is 0.647. The third kappa shape index (κ3) is 5.30. The van der Waals surface area contributed by atoms with Crippen molar-refractivity contribution in [2.45, 2.75) is 25.9 Å². The van der Waals surface area contributed by atoms with Gasteiger partial charge in [0.15, 0.2) is 0 Å². The Labute approximate surface area is 129 Å². The van der Waals surface area contributed by atoms with Gasteiger partial charge in [0.25, 0.3) is 0 Å². The summed E-state index contributed by atoms with van der Waals surface area (Å²) in [5, 5.41) is 3.59. The minimum Gasteiger partial charge on any atom is -0.383 e. The molecule has 0 amide bonds. The number of piperazine rings is 1. The number of methoxy groups -OCH3 is 1. The lowest BCUT2D eigenvalue weighted by Gasteiger charge is -2.37. The Morgan fingerprint density at radius 1 is 1.05 bits per heavy atom. The van der Waals surface area contributed by atoms with Crippen LogP contribution in [0.15, 0.2) is 30.3 Å². The van der Waals surface area contributed by atoms with Gasteiger partial charge in [0.2, 0.25) is 0 Å². The number of anilines is 1. The molecule has 1 aromatic rings. The lowest BCUT2D eigenvalue weighted by molar-refractivity contribution is 0.159. The maximum atomic E-state index is 5.17. The summed E-state index contributed by atoms with van der Waals surface area (Å²) in [5.74, 6) is 0. The standard InChI is InChI=1S/C17H29N3O/c1-15(18-16(2)14-21-3)13-19-9-11-20(12-10-19)17-7-5-4-6-8-17/h4-8,15-16,18H,9-14H2,1-3H3/t15-,16-/m0/s1. The van der Waals surface area contributed by atoms with Crippen LogP contribution in [-0.4, -0.2) is 63.4 Å². The Kier molecular flexibility index (Phi) is 6.49. The molecule has 21 heavy (non-hydrogen) atoms. The van der Waals surface area contributed by atoms with Crippen molar-refractivity contribution in [3.05, 3.63) is 30.3 Å². The Balaban J connectivity index is 1.71. The molecule has 0 aliphatic carbocycles. The molecular weight excluding hydrogens is 262 g/mol. The first-order valence-corrected chi connectivity index (χ1v) is 7.96. The smallest absolute Gasteiger partial charge is 0.0613 e. The molecule has 1 N–H and O–H groups in total. The van der Waals surface area contributed by atoms with Gasteiger partial charge in [-0.15, -0.1) is 0 Å². The van der Waals surface area contributed by atoms with Crippen LogP contribution >= 0.6 is 0 Å². The molecule has 1 fully saturated rings. The fourth-order valence-electron chi connectivity index (χ4n) is 3.05. The van der Waals surface area contributed by atoms with Crippen LogP contribution in [-0.2, 0) is 4.74 Å². The topological polar surface area (TPSA) is 27.7 Å². The largest absolute Gasteiger partial charge is 0.383 e. The van der Waals surface area contributed by atoms with E-state index in [9.17, 15) is 0 Å². The van der Waals surface area contributed by atoms with Crippen LogP contribution in [0.4, 0.5) is 5.69 Å². The first-order chi connectivity index (χ1) is 10.2. The van der Waals surface area contributed by atoms with Gasteiger partial charge in [-0.25, -0.2) is 0 Å². The zero-order valence-electron chi connectivity index (χ0n) is 13.6. The first-order valence-electron chi connectivity index (χ1n) is 7.96. The van der Waals surface area contributed by atoms with Crippen molar-refractivity contribution in [3.63, 3.8) is 0 Å². The van der Waals surface area contributed by atoms with Gasteiger partial charge in [-0.05, 0) is 26.0 Å². The molecule has 0 unspecified atom stereocenters. The normalized spacial score (nSPS) is 19.5. The van der Waals surface area contributed by atoms with Crippen molar-refractivity contribution >= 4 is 5.69 Å². The van der Waals surface area contributed by atoms with E-state index >= 15 is 0 Å². The van der Waals surface area contributed by atoms with Gasteiger partial charge in [-0.3, -0.25) is 4.90 Å². The van der Waals surface area contributed by atoms with Crippen LogP contribution in [0.3, 0.4) is 0 Å². The third-order valence-corrected chi connectivity index (χ3v) is 4.01. The number of nitrogens with one attached hydrogen (secondary N) is 1. The summed E-state index contributed by atoms with van der Waals surface area (Å²) in [4.78, 5) is 5.03. The molecule has 2 rings (SSSR count). The van der Waals surface area contributed by atoms with E-state index in [1.807, 2.05) is 0 Å². The molecular formula is C17H29N3O. The molecule has 1 aliphatic heterocycles. The second kappa shape index (κ2) is 8.37. The summed E-state index contributed by atoms with van der Waals surface area (Å²) in [5.41, 5.74) is 1.34. The van der Waals surface area contributed by atoms with Gasteiger partial charge in [0.1, 0.15) is 0 Å². The van der Waals surface area contributed by atoms with Crippen LogP contribution in [0, 0.1) is 0 Å². The predicted octanol–water partition coefficient (Wildman–Crippen LogP) is 1.82. The molecule has 0 aromatic heterocycles. The average molecular weight is 291 g/mol. The number of rotatable bonds is 7. The minimum atomic E-state index is 0.413. The number of hydrogen-bond donors (Lipinski definition) is 1. The Morgan fingerprint density at radius 3 is 2.33 bits per heavy atom. The van der Waals surface area contributed by atoms with Crippen molar-refractivity contribution < 1.29 is 4.74 Å². The number of nitrogens with zero attached hydrogens (tertiary/aromatic N) is 2. The monoisotopic (exact) mass is 291 g/mol. The van der Waals surface area contributed by atoms with Gasteiger partial charge in [-0.1, -0.05) is 18.2 Å². The lowest BCUT2D eigenvalue weighted by atomic mass is 10.2. The maximum Gasteiger partial charge on any atom is 0.0613 e. The van der Waals surface area contributed by atoms with Gasteiger partial charge >= 0.3 is 0 Å². The van der Waals surface area contributed by atoms with Crippen LogP contribution in [0.2, 0.25) is 0 Å². The zero-order valence-corrected chi connectivity index (χ0v) is 13.6. The highest BCUT2D eigenvalue weighted by Crippen LogP contribution is 2.15. The van der Waals surface area contributed by atoms with Gasteiger partial charge < -0.3 is 15.0 Å². The molecule has 0 bridgehead atoms. The molecule has 1 heterocycles. The van der Waals surface area contributed by atoms with E-state index in [0.29, 0.717) is 12.1 Å². The molecule has 118 valence electrons. The van der Waals surface area contributed by atoms with Crippen molar-refractivity contribution in [1.82, 2.24) is 10.2 Å². The molecule has 2 atom stereocenters. The molecule has 1 aliphatic rings. The van der Waals surface area contributed by atoms with E-state index < -0.39 is 0 Å². The highest BCUT2D eigenvalue weighted by Gasteiger charge is 2.19. The molecule has 1 saturated heterocycles. The second-order valence-corrected chi connectivity index (χ2v) is 6.05. The van der Waals surface area contributed by atoms with E-state index in [2.05, 4.69) is 59.3 Å². The summed E-state index contributed by atoms with van der Waals surface area (Å²) in [6, 6.07) is 11.6. The summed E-state index contributed by atoms with van der Waals surface area (Å²) in [6.45, 7) is 10.8. The molecule has 0 radical (unpaired) electrons. The molecule has 4 heteroatoms. The zero-order chi connectivity index (χ0) is 15.1. The van der Waals surface area contributed by atoms with E-state index in [1.165, 1.54) is 5.69 Å². The van der Waals surface area contributed by atoms with E-state index in [1.54, 1.807) is 7.11 Å². The van der Waals surface area contributed by atoms with Crippen LogP contribution in [0.5, 0.6) is 0 Å². The van der Waals surface area contributed by atoms with Gasteiger partial charge in [0, 0.05) is 57.6 Å². The highest BCUT2D eigenvalue weighted by atomic mass is 16.5. The van der Waals surface area contributed by atoms with E-state index in [4.69, 9.17) is 4.74 Å². The Morgan fingerprint density at radius 2 is 1.71 bits per heavy atom. The van der Waals surface area contributed by atoms with Gasteiger partial charge in [-0.2, -0.15) is 0 Å². The fourth-order valence-corrected chi connectivity index (χ4v) is 3.05. The molecule has 1 aromatic carbocycles. The van der Waals surface area contributed by atoms with Crippen LogP contribution < -0.4 is 10.2 Å². The first kappa shape index (κ1) is 16.3. The van der Waals surface area contributed by atoms with Crippen LogP contribution in [0.25, 0.3) is 0 Å². The molecule has 0 saturated carbocycles. The van der Waals surface area contributed by atoms with Crippen molar-refractivity contribution in [1.29, 1.82) is 0 Å². The minimum absolute atomic E-state index is 0.413. The van der Waals surface area contributed by atoms with E-state index in [0.717, 1.165) is 39.3 Å². The Bertz CT molecular complexity index is 390. The number of benzene rings is 1. The summed E-state index contributed by atoms with van der Waals surface area (Å²) in [6.07, 6.45) is 0. The van der Waals surface area contributed by atoms with E-state index in [-0.39, 0.29) is 0 Å². The van der Waals surface area contributed by atoms with Crippen molar-refractivity contribution in [2.75, 3.05) is 51.3 Å². The van der Waals surface area contributed by atoms with Gasteiger partial charge in [0.05, 0.1) is 6.61 Å². The quantitative estimate of drug-likeness (QED) is 0.829. The van der Waals surface area contributed by atoms with Crippen molar-refractivity contribution in [3.8, 4) is 0 Å². The lowest BCUT2D eigenvalue weighted by Crippen LogP contribution is -2.51. The molecule has 0 spiro atoms. The number of para-hydroxylation sites is 1. The average Bonchev–Trinajstić information content (AvgIpc) is 2.49. The summed E-state index contributed by atoms with van der Waals surface area (Å²) >= 11 is 0. The Hall–Kier alpha value is -1.10. The number of ether oxygens (including phenoxy) is 1. The van der Waals surface area contributed by atoms with Crippen LogP contribution in [0.1, 0.15) is 13.8 Å². The number of hydrogen-bond acceptors (Lipinski definition) is 4. The third-order valence-electron chi connectivity index (χ3n) is 4.01. The predicted molar refractivity (Wildman–Crippen MR) is 89.0 cm³/mol.